The van der Waals surface area contributed by atoms with Gasteiger partial charge in [-0.05, 0) is 12.8 Å². The van der Waals surface area contributed by atoms with Crippen molar-refractivity contribution in [3.63, 3.8) is 0 Å². The molecule has 0 aliphatic carbocycles. The minimum Gasteiger partial charge on any atom is -0.348 e. The number of hydrogen-bond acceptors (Lipinski definition) is 5. The summed E-state index contributed by atoms with van der Waals surface area (Å²) in [6.45, 7) is 6.03. The van der Waals surface area contributed by atoms with Crippen LogP contribution >= 0.6 is 0 Å². The third-order valence-electron chi connectivity index (χ3n) is 3.26. The van der Waals surface area contributed by atoms with Gasteiger partial charge in [-0.25, -0.2) is 0 Å². The lowest BCUT2D eigenvalue weighted by atomic mass is 9.88. The molecule has 1 atom stereocenters. The molecule has 1 unspecified atom stereocenters. The molecule has 0 bridgehead atoms. The Hall–Kier alpha value is -1.96. The second kappa shape index (κ2) is 5.79. The second-order valence-electron chi connectivity index (χ2n) is 4.98. The molecular weight excluding hydrogens is 250 g/mol. The Kier molecular flexibility index (Phi) is 4.60. The zero-order valence-electron chi connectivity index (χ0n) is 11.3. The van der Waals surface area contributed by atoms with E-state index >= 15 is 0 Å². The number of hydrogen-bond donors (Lipinski definition) is 2. The first-order valence-corrected chi connectivity index (χ1v) is 5.96. The fourth-order valence-corrected chi connectivity index (χ4v) is 1.47. The van der Waals surface area contributed by atoms with Gasteiger partial charge in [0.2, 0.25) is 5.91 Å². The maximum atomic E-state index is 11.9. The largest absolute Gasteiger partial charge is 0.348 e. The van der Waals surface area contributed by atoms with Gasteiger partial charge in [0.1, 0.15) is 18.9 Å². The number of nitro groups is 1. The van der Waals surface area contributed by atoms with Gasteiger partial charge >= 0.3 is 5.69 Å². The van der Waals surface area contributed by atoms with Crippen LogP contribution in [-0.4, -0.2) is 32.7 Å². The standard InChI is InChI=1S/C11H19N5O3/c1-8(2)11(3,7-12)14-10(17)6-15-5-9(4-13-15)16(18)19/h4-5,8H,6-7,12H2,1-3H3,(H,14,17). The molecule has 3 N–H and O–H groups in total. The Morgan fingerprint density at radius 3 is 2.74 bits per heavy atom. The first kappa shape index (κ1) is 15.1. The lowest BCUT2D eigenvalue weighted by Crippen LogP contribution is -2.55. The highest BCUT2D eigenvalue weighted by Gasteiger charge is 2.28. The van der Waals surface area contributed by atoms with Crippen molar-refractivity contribution >= 4 is 11.6 Å². The Bertz CT molecular complexity index is 471. The molecule has 0 radical (unpaired) electrons. The summed E-state index contributed by atoms with van der Waals surface area (Å²) >= 11 is 0. The number of rotatable bonds is 6. The second-order valence-corrected chi connectivity index (χ2v) is 4.98. The molecule has 1 aromatic heterocycles. The predicted molar refractivity (Wildman–Crippen MR) is 69.3 cm³/mol. The van der Waals surface area contributed by atoms with E-state index in [1.165, 1.54) is 10.9 Å². The van der Waals surface area contributed by atoms with E-state index in [1.807, 2.05) is 20.8 Å². The van der Waals surface area contributed by atoms with Crippen LogP contribution in [0.1, 0.15) is 20.8 Å². The first-order chi connectivity index (χ1) is 8.78. The number of nitrogens with two attached hydrogens (primary N) is 1. The molecule has 1 rings (SSSR count). The normalized spacial score (nSPS) is 14.2. The summed E-state index contributed by atoms with van der Waals surface area (Å²) < 4.78 is 1.23. The molecule has 8 nitrogen and oxygen atoms in total. The number of carbonyl (C=O) groups excluding carboxylic acids is 1. The highest BCUT2D eigenvalue weighted by Crippen LogP contribution is 2.14. The van der Waals surface area contributed by atoms with Crippen LogP contribution in [0.15, 0.2) is 12.4 Å². The summed E-state index contributed by atoms with van der Waals surface area (Å²) in [6.07, 6.45) is 2.33. The summed E-state index contributed by atoms with van der Waals surface area (Å²) in [6, 6.07) is 0. The van der Waals surface area contributed by atoms with Crippen molar-refractivity contribution in [2.45, 2.75) is 32.9 Å². The van der Waals surface area contributed by atoms with Crippen molar-refractivity contribution in [1.29, 1.82) is 0 Å². The maximum Gasteiger partial charge on any atom is 0.307 e. The molecule has 0 saturated heterocycles. The molecular formula is C11H19N5O3. The van der Waals surface area contributed by atoms with Gasteiger partial charge in [-0.2, -0.15) is 5.10 Å². The maximum absolute atomic E-state index is 11.9. The third kappa shape index (κ3) is 3.75. The van der Waals surface area contributed by atoms with Crippen LogP contribution in [0.3, 0.4) is 0 Å². The number of amides is 1. The van der Waals surface area contributed by atoms with E-state index < -0.39 is 10.5 Å². The van der Waals surface area contributed by atoms with E-state index in [0.29, 0.717) is 6.54 Å². The minimum absolute atomic E-state index is 0.0733. The molecule has 1 amide bonds. The minimum atomic E-state index is -0.556. The van der Waals surface area contributed by atoms with Gasteiger partial charge in [0, 0.05) is 6.54 Å². The van der Waals surface area contributed by atoms with Gasteiger partial charge in [-0.3, -0.25) is 19.6 Å². The lowest BCUT2D eigenvalue weighted by Gasteiger charge is -2.33. The van der Waals surface area contributed by atoms with E-state index in [-0.39, 0.29) is 24.1 Å². The van der Waals surface area contributed by atoms with Crippen molar-refractivity contribution in [2.24, 2.45) is 11.7 Å². The van der Waals surface area contributed by atoms with Crippen molar-refractivity contribution in [2.75, 3.05) is 6.54 Å². The average molecular weight is 269 g/mol. The molecule has 0 aliphatic rings. The molecule has 0 saturated carbocycles. The summed E-state index contributed by atoms with van der Waals surface area (Å²) in [5, 5.41) is 17.1. The molecule has 0 aromatic carbocycles. The summed E-state index contributed by atoms with van der Waals surface area (Å²) in [5.41, 5.74) is 5.02. The van der Waals surface area contributed by atoms with Gasteiger partial charge in [0.05, 0.1) is 10.5 Å². The van der Waals surface area contributed by atoms with Crippen LogP contribution in [-0.2, 0) is 11.3 Å². The van der Waals surface area contributed by atoms with Gasteiger partial charge in [-0.1, -0.05) is 13.8 Å². The molecule has 1 heterocycles. The highest BCUT2D eigenvalue weighted by atomic mass is 16.6. The molecule has 8 heteroatoms. The lowest BCUT2D eigenvalue weighted by molar-refractivity contribution is -0.385. The molecule has 0 fully saturated rings. The van der Waals surface area contributed by atoms with Crippen LogP contribution in [0.2, 0.25) is 0 Å². The fraction of sp³-hybridized carbons (Fsp3) is 0.636. The molecule has 106 valence electrons. The van der Waals surface area contributed by atoms with E-state index in [1.54, 1.807) is 0 Å². The van der Waals surface area contributed by atoms with Crippen LogP contribution in [0.4, 0.5) is 5.69 Å². The van der Waals surface area contributed by atoms with Crippen LogP contribution in [0.25, 0.3) is 0 Å². The number of nitrogens with one attached hydrogen (secondary N) is 1. The topological polar surface area (TPSA) is 116 Å². The smallest absolute Gasteiger partial charge is 0.307 e. The van der Waals surface area contributed by atoms with Gasteiger partial charge in [-0.15, -0.1) is 0 Å². The molecule has 0 aliphatic heterocycles. The van der Waals surface area contributed by atoms with Gasteiger partial charge < -0.3 is 11.1 Å². The summed E-state index contributed by atoms with van der Waals surface area (Å²) in [4.78, 5) is 21.8. The van der Waals surface area contributed by atoms with Crippen molar-refractivity contribution in [1.82, 2.24) is 15.1 Å². The van der Waals surface area contributed by atoms with Gasteiger partial charge in [0.25, 0.3) is 0 Å². The SMILES string of the molecule is CC(C)C(C)(CN)NC(=O)Cn1cc([N+](=O)[O-])cn1. The third-order valence-corrected chi connectivity index (χ3v) is 3.26. The number of aromatic nitrogens is 2. The predicted octanol–water partition coefficient (Wildman–Crippen LogP) is 0.281. The Balaban J connectivity index is 2.66. The van der Waals surface area contributed by atoms with Crippen LogP contribution in [0, 0.1) is 16.0 Å². The molecule has 19 heavy (non-hydrogen) atoms. The molecule has 0 spiro atoms. The summed E-state index contributed by atoms with van der Waals surface area (Å²) in [7, 11) is 0. The first-order valence-electron chi connectivity index (χ1n) is 5.96. The Morgan fingerprint density at radius 1 is 1.68 bits per heavy atom. The van der Waals surface area contributed by atoms with E-state index in [9.17, 15) is 14.9 Å². The van der Waals surface area contributed by atoms with Crippen molar-refractivity contribution in [3.05, 3.63) is 22.5 Å². The average Bonchev–Trinajstić information content (AvgIpc) is 2.76. The van der Waals surface area contributed by atoms with Crippen molar-refractivity contribution in [3.8, 4) is 0 Å². The number of nitrogens with zero attached hydrogens (tertiary/aromatic N) is 3. The molecule has 1 aromatic rings. The Morgan fingerprint density at radius 2 is 2.32 bits per heavy atom. The summed E-state index contributed by atoms with van der Waals surface area (Å²) in [5.74, 6) is -0.104. The van der Waals surface area contributed by atoms with E-state index in [0.717, 1.165) is 6.20 Å². The zero-order valence-corrected chi connectivity index (χ0v) is 11.3. The highest BCUT2D eigenvalue weighted by molar-refractivity contribution is 5.76. The quantitative estimate of drug-likeness (QED) is 0.568. The van der Waals surface area contributed by atoms with Crippen LogP contribution in [0.5, 0.6) is 0 Å². The zero-order chi connectivity index (χ0) is 14.6. The number of carbonyl (C=O) groups is 1. The van der Waals surface area contributed by atoms with E-state index in [4.69, 9.17) is 5.73 Å². The van der Waals surface area contributed by atoms with Crippen LogP contribution < -0.4 is 11.1 Å². The monoisotopic (exact) mass is 269 g/mol. The van der Waals surface area contributed by atoms with Gasteiger partial charge in [0.15, 0.2) is 0 Å². The Labute approximate surface area is 111 Å². The van der Waals surface area contributed by atoms with Crippen molar-refractivity contribution < 1.29 is 9.72 Å². The van der Waals surface area contributed by atoms with E-state index in [2.05, 4.69) is 10.4 Å². The fourth-order valence-electron chi connectivity index (χ4n) is 1.47.